The number of fused-ring (bicyclic) bond motifs is 6. The second kappa shape index (κ2) is 12.5. The summed E-state index contributed by atoms with van der Waals surface area (Å²) in [6, 6.07) is 27.3. The van der Waals surface area contributed by atoms with Crippen molar-refractivity contribution in [2.45, 2.75) is 79.8 Å². The van der Waals surface area contributed by atoms with Gasteiger partial charge in [0.25, 0.3) is 0 Å². The quantitative estimate of drug-likeness (QED) is 0.105. The first-order valence-corrected chi connectivity index (χ1v) is 14.7. The van der Waals surface area contributed by atoms with E-state index in [2.05, 4.69) is 127 Å². The molecule has 0 amide bonds. The van der Waals surface area contributed by atoms with Gasteiger partial charge in [0.2, 0.25) is 0 Å². The molecule has 0 atom stereocenters. The zero-order valence-corrected chi connectivity index (χ0v) is 28.6. The van der Waals surface area contributed by atoms with Gasteiger partial charge in [-0.05, 0) is 59.6 Å². The van der Waals surface area contributed by atoms with Crippen LogP contribution in [-0.2, 0) is 25.5 Å². The van der Waals surface area contributed by atoms with E-state index in [0.717, 1.165) is 39.5 Å². The molecule has 0 spiro atoms. The largest absolute Gasteiger partial charge is 0.466 e. The fraction of sp³-hybridized carbons (Fsp3) is 0.351. The van der Waals surface area contributed by atoms with Gasteiger partial charge in [-0.25, -0.2) is 0 Å². The van der Waals surface area contributed by atoms with Crippen LogP contribution in [0.1, 0.15) is 72.1 Å². The molecule has 4 nitrogen and oxygen atoms in total. The van der Waals surface area contributed by atoms with Crippen LogP contribution in [0, 0.1) is 18.9 Å². The van der Waals surface area contributed by atoms with Crippen LogP contribution in [0.3, 0.4) is 0 Å². The van der Waals surface area contributed by atoms with Crippen LogP contribution in [0.25, 0.3) is 49.8 Å². The monoisotopic (exact) mass is 736 g/mol. The third-order valence-electron chi connectivity index (χ3n) is 7.49. The molecule has 1 aliphatic rings. The van der Waals surface area contributed by atoms with E-state index in [4.69, 9.17) is 9.40 Å². The number of benzene rings is 3. The molecule has 1 radical (unpaired) electrons. The number of furan rings is 1. The second-order valence-electron chi connectivity index (χ2n) is 12.4. The summed E-state index contributed by atoms with van der Waals surface area (Å²) in [5.41, 5.74) is 8.71. The van der Waals surface area contributed by atoms with E-state index in [1.165, 1.54) is 27.5 Å². The number of hydrogen-bond donors (Lipinski definition) is 0. The average molecular weight is 736 g/mol. The minimum Gasteiger partial charge on any atom is -0.466 e. The summed E-state index contributed by atoms with van der Waals surface area (Å²) in [6.45, 7) is 19.3. The fourth-order valence-electron chi connectivity index (χ4n) is 5.76. The molecule has 5 heteroatoms. The summed E-state index contributed by atoms with van der Waals surface area (Å²) < 4.78 is 6.31. The minimum atomic E-state index is -0.186. The van der Waals surface area contributed by atoms with Gasteiger partial charge in [-0.1, -0.05) is 109 Å². The first-order valence-electron chi connectivity index (χ1n) is 14.7. The number of amidine groups is 1. The molecule has 0 aliphatic heterocycles. The molecule has 0 saturated carbocycles. The second-order valence-corrected chi connectivity index (χ2v) is 12.4. The molecule has 0 N–H and O–H groups in total. The van der Waals surface area contributed by atoms with Crippen LogP contribution in [0.2, 0.25) is 0 Å². The van der Waals surface area contributed by atoms with Crippen molar-refractivity contribution in [1.82, 2.24) is 4.98 Å². The Hall–Kier alpha value is -3.27. The molecule has 0 bridgehead atoms. The Labute approximate surface area is 264 Å². The van der Waals surface area contributed by atoms with E-state index in [1.54, 1.807) is 0 Å². The summed E-state index contributed by atoms with van der Waals surface area (Å²) in [5, 5.41) is 6.82. The molecule has 221 valence electrons. The molecule has 3 aromatic carbocycles. The van der Waals surface area contributed by atoms with Crippen LogP contribution in [0.5, 0.6) is 0 Å². The van der Waals surface area contributed by atoms with Gasteiger partial charge in [0.1, 0.15) is 11.3 Å². The van der Waals surface area contributed by atoms with Crippen LogP contribution < -0.4 is 0 Å². The zero-order chi connectivity index (χ0) is 29.5. The molecular formula is C37H41IrN3O-2. The molecule has 0 unspecified atom stereocenters. The molecule has 5 aromatic rings. The number of para-hydroxylation sites is 1. The van der Waals surface area contributed by atoms with E-state index >= 15 is 0 Å². The Morgan fingerprint density at radius 1 is 0.929 bits per heavy atom. The van der Waals surface area contributed by atoms with Crippen molar-refractivity contribution in [2.75, 3.05) is 0 Å². The molecule has 0 fully saturated rings. The van der Waals surface area contributed by atoms with Crippen LogP contribution in [-0.4, -0.2) is 22.9 Å². The predicted molar refractivity (Wildman–Crippen MR) is 174 cm³/mol. The topological polar surface area (TPSA) is 52.5 Å². The number of nitrogens with zero attached hydrogens (tertiary/aromatic N) is 3. The Kier molecular flexibility index (Phi) is 9.45. The Morgan fingerprint density at radius 3 is 2.36 bits per heavy atom. The van der Waals surface area contributed by atoms with E-state index in [0.29, 0.717) is 18.0 Å². The summed E-state index contributed by atoms with van der Waals surface area (Å²) in [7, 11) is 0. The molecule has 2 aromatic heterocycles. The average Bonchev–Trinajstić information content (AvgIpc) is 3.42. The number of rotatable bonds is 4. The Balaban J connectivity index is 0.000000268. The van der Waals surface area contributed by atoms with Gasteiger partial charge in [0, 0.05) is 31.1 Å². The van der Waals surface area contributed by atoms with Crippen molar-refractivity contribution >= 4 is 27.7 Å². The molecular weight excluding hydrogens is 695 g/mol. The van der Waals surface area contributed by atoms with Gasteiger partial charge >= 0.3 is 0 Å². The van der Waals surface area contributed by atoms with Crippen molar-refractivity contribution in [3.05, 3.63) is 94.8 Å². The third kappa shape index (κ3) is 6.09. The van der Waals surface area contributed by atoms with Crippen molar-refractivity contribution in [1.29, 1.82) is 0 Å². The smallest absolute Gasteiger partial charge is 0.135 e. The van der Waals surface area contributed by atoms with Crippen molar-refractivity contribution in [3.63, 3.8) is 0 Å². The van der Waals surface area contributed by atoms with Crippen LogP contribution in [0.4, 0.5) is 0 Å². The number of hydrogen-bond acceptors (Lipinski definition) is 3. The maximum Gasteiger partial charge on any atom is 0.135 e. The maximum atomic E-state index is 6.31. The number of aryl methyl sites for hydroxylation is 1. The molecule has 6 rings (SSSR count). The summed E-state index contributed by atoms with van der Waals surface area (Å²) >= 11 is 0. The Morgan fingerprint density at radius 2 is 1.67 bits per heavy atom. The molecule has 42 heavy (non-hydrogen) atoms. The van der Waals surface area contributed by atoms with Gasteiger partial charge in [0.05, 0.1) is 5.52 Å². The van der Waals surface area contributed by atoms with Gasteiger partial charge < -0.3 is 14.7 Å². The number of aliphatic imine (C=N–C) groups is 1. The summed E-state index contributed by atoms with van der Waals surface area (Å²) in [6.07, 6.45) is 0. The molecule has 0 saturated heterocycles. The third-order valence-corrected chi connectivity index (χ3v) is 7.49. The van der Waals surface area contributed by atoms with Gasteiger partial charge in [0.15, 0.2) is 0 Å². The van der Waals surface area contributed by atoms with Crippen LogP contribution in [0.15, 0.2) is 76.1 Å². The zero-order valence-electron chi connectivity index (χ0n) is 26.2. The van der Waals surface area contributed by atoms with Crippen molar-refractivity contribution in [2.24, 2.45) is 10.9 Å². The first-order chi connectivity index (χ1) is 19.5. The van der Waals surface area contributed by atoms with E-state index in [1.807, 2.05) is 18.2 Å². The standard InChI is InChI=1S/C27H20NO.C10H21N2.Ir/c1-16-11-13-21-17(15-16)12-14-22(28-21)18-8-6-9-20-24(18)27(2,3)25-19-7-4-5-10-23(19)29-26(20)25;1-7(2)10(11-8(3)4)12-9(5)6;/h4-7,9-15H,1-3H3;7-9H,1-6H3;/q2*-1;. The minimum absolute atomic E-state index is 0. The predicted octanol–water partition coefficient (Wildman–Crippen LogP) is 10.3. The van der Waals surface area contributed by atoms with Crippen molar-refractivity contribution < 1.29 is 24.5 Å². The normalized spacial score (nSPS) is 13.7. The number of pyridine rings is 1. The van der Waals surface area contributed by atoms with E-state index in [9.17, 15) is 0 Å². The Bertz CT molecular complexity index is 1740. The number of aromatic nitrogens is 1. The molecule has 1 aliphatic carbocycles. The summed E-state index contributed by atoms with van der Waals surface area (Å²) in [4.78, 5) is 9.44. The van der Waals surface area contributed by atoms with Crippen LogP contribution >= 0.6 is 0 Å². The molecule has 2 heterocycles. The summed E-state index contributed by atoms with van der Waals surface area (Å²) in [5.74, 6) is 2.42. The fourth-order valence-corrected chi connectivity index (χ4v) is 5.76. The first kappa shape index (κ1) is 31.7. The van der Waals surface area contributed by atoms with Gasteiger partial charge in [-0.3, -0.25) is 4.98 Å². The SMILES string of the molecule is CC(C)N=C([N-]C(C)C)C(C)C.Cc1ccc2nc(-c3[c-]ccc4c3C(C)(C)c3c-4oc4ccccc34)ccc2c1.[Ir]. The van der Waals surface area contributed by atoms with E-state index < -0.39 is 0 Å². The van der Waals surface area contributed by atoms with Gasteiger partial charge in [-0.2, -0.15) is 0 Å². The van der Waals surface area contributed by atoms with Gasteiger partial charge in [-0.15, -0.1) is 29.3 Å². The van der Waals surface area contributed by atoms with Crippen molar-refractivity contribution in [3.8, 4) is 22.6 Å². The maximum absolute atomic E-state index is 6.31. The van der Waals surface area contributed by atoms with E-state index in [-0.39, 0.29) is 25.5 Å².